The van der Waals surface area contributed by atoms with Crippen LogP contribution in [0.25, 0.3) is 0 Å². The van der Waals surface area contributed by atoms with Gasteiger partial charge in [-0.15, -0.1) is 0 Å². The van der Waals surface area contributed by atoms with Gasteiger partial charge in [-0.25, -0.2) is 4.98 Å². The second-order valence-corrected chi connectivity index (χ2v) is 8.13. The lowest BCUT2D eigenvalue weighted by molar-refractivity contribution is -0.388. The van der Waals surface area contributed by atoms with Gasteiger partial charge in [0.15, 0.2) is 17.2 Å². The van der Waals surface area contributed by atoms with Gasteiger partial charge in [-0.2, -0.15) is 0 Å². The maximum Gasteiger partial charge on any atom is 0.303 e. The number of esters is 4. The number of carbonyl (C=O) groups excluding carboxylic acids is 4. The Morgan fingerprint density at radius 2 is 1.68 bits per heavy atom. The van der Waals surface area contributed by atoms with Gasteiger partial charge in [0.25, 0.3) is 5.12 Å². The van der Waals surface area contributed by atoms with E-state index in [0.717, 1.165) is 33.8 Å². The highest BCUT2D eigenvalue weighted by atomic mass is 32.2. The molecule has 1 aliphatic rings. The van der Waals surface area contributed by atoms with Crippen LogP contribution in [-0.2, 0) is 42.9 Å². The molecule has 0 aromatic carbocycles. The van der Waals surface area contributed by atoms with Gasteiger partial charge in [0, 0.05) is 40.0 Å². The highest BCUT2D eigenvalue weighted by Crippen LogP contribution is 2.45. The third-order valence-electron chi connectivity index (χ3n) is 4.21. The van der Waals surface area contributed by atoms with Crippen LogP contribution in [0, 0.1) is 10.1 Å². The number of aliphatic hydroxyl groups is 1. The van der Waals surface area contributed by atoms with Crippen LogP contribution in [0.2, 0.25) is 0 Å². The summed E-state index contributed by atoms with van der Waals surface area (Å²) in [5.41, 5.74) is -0.506. The minimum Gasteiger partial charge on any atom is -0.463 e. The lowest BCUT2D eigenvalue weighted by Crippen LogP contribution is -2.66. The van der Waals surface area contributed by atoms with Crippen molar-refractivity contribution in [3.05, 3.63) is 28.4 Å². The first-order chi connectivity index (χ1) is 15.8. The highest BCUT2D eigenvalue weighted by Gasteiger charge is 2.61. The van der Waals surface area contributed by atoms with Crippen LogP contribution in [0.3, 0.4) is 0 Å². The molecule has 0 bridgehead atoms. The number of rotatable bonds is 8. The molecular formula is C19H22N2O12S. The maximum absolute atomic E-state index is 11.8. The lowest BCUT2D eigenvalue weighted by atomic mass is 9.98. The Labute approximate surface area is 197 Å². The Kier molecular flexibility index (Phi) is 8.89. The first-order valence-electron chi connectivity index (χ1n) is 9.67. The lowest BCUT2D eigenvalue weighted by Gasteiger charge is -2.47. The van der Waals surface area contributed by atoms with Gasteiger partial charge in [0.05, 0.1) is 4.92 Å². The molecule has 1 fully saturated rings. The molecule has 0 spiro atoms. The molecular weight excluding hydrogens is 480 g/mol. The topological polar surface area (TPSA) is 191 Å². The van der Waals surface area contributed by atoms with Gasteiger partial charge in [-0.05, 0) is 17.8 Å². The number of pyridine rings is 1. The average Bonchev–Trinajstić information content (AvgIpc) is 2.71. The van der Waals surface area contributed by atoms with Gasteiger partial charge in [0.1, 0.15) is 12.7 Å². The van der Waals surface area contributed by atoms with Crippen molar-refractivity contribution in [1.82, 2.24) is 4.98 Å². The van der Waals surface area contributed by atoms with E-state index in [2.05, 4.69) is 4.98 Å². The molecule has 2 rings (SSSR count). The summed E-state index contributed by atoms with van der Waals surface area (Å²) in [5.74, 6) is -3.43. The molecule has 0 radical (unpaired) electrons. The quantitative estimate of drug-likeness (QED) is 0.170. The van der Waals surface area contributed by atoms with Gasteiger partial charge >= 0.3 is 29.6 Å². The summed E-state index contributed by atoms with van der Waals surface area (Å²) in [7, 11) is 0. The van der Waals surface area contributed by atoms with E-state index in [4.69, 9.17) is 23.7 Å². The SMILES string of the molecule is CC(=O)OC[C@H]1O[C@](O)(Sc2ncccc2[N+](=O)[O-])[C@H](OC(C)=O)[C@@H](OC(C)=O)[C@@H]1OC(C)=O. The van der Waals surface area contributed by atoms with Crippen LogP contribution >= 0.6 is 11.8 Å². The molecule has 14 nitrogen and oxygen atoms in total. The van der Waals surface area contributed by atoms with Gasteiger partial charge in [-0.1, -0.05) is 0 Å². The van der Waals surface area contributed by atoms with E-state index in [1.165, 1.54) is 12.3 Å². The van der Waals surface area contributed by atoms with Gasteiger partial charge in [-0.3, -0.25) is 29.3 Å². The Morgan fingerprint density at radius 1 is 1.09 bits per heavy atom. The summed E-state index contributed by atoms with van der Waals surface area (Å²) in [6, 6.07) is 2.41. The number of aromatic nitrogens is 1. The number of hydrogen-bond donors (Lipinski definition) is 1. The minimum atomic E-state index is -2.66. The molecule has 1 saturated heterocycles. The van der Waals surface area contributed by atoms with Crippen LogP contribution < -0.4 is 0 Å². The van der Waals surface area contributed by atoms with Gasteiger partial charge < -0.3 is 28.8 Å². The van der Waals surface area contributed by atoms with E-state index in [1.807, 2.05) is 0 Å². The molecule has 1 aromatic heterocycles. The molecule has 186 valence electrons. The molecule has 15 heteroatoms. The summed E-state index contributed by atoms with van der Waals surface area (Å²) >= 11 is 0.293. The first-order valence-corrected chi connectivity index (χ1v) is 10.5. The number of ether oxygens (including phenoxy) is 5. The van der Waals surface area contributed by atoms with Crippen molar-refractivity contribution in [1.29, 1.82) is 0 Å². The third-order valence-corrected chi connectivity index (χ3v) is 5.34. The van der Waals surface area contributed by atoms with E-state index in [9.17, 15) is 34.4 Å². The van der Waals surface area contributed by atoms with E-state index in [1.54, 1.807) is 0 Å². The van der Waals surface area contributed by atoms with Crippen molar-refractivity contribution in [2.75, 3.05) is 6.61 Å². The van der Waals surface area contributed by atoms with Crippen LogP contribution in [0.15, 0.2) is 23.4 Å². The summed E-state index contributed by atoms with van der Waals surface area (Å²) < 4.78 is 26.1. The standard InChI is InChI=1S/C19H22N2O12S/c1-9(22)29-8-14-15(30-10(2)23)16(31-11(3)24)17(32-12(4)25)19(26,33-14)34-18-13(21(27)28)6-5-7-20-18/h5-7,14-17,26H,8H2,1-4H3/t14-,15-,16+,17-,19+/m1/s1. The fourth-order valence-electron chi connectivity index (χ4n) is 3.07. The van der Waals surface area contributed by atoms with Crippen LogP contribution in [0.5, 0.6) is 0 Å². The summed E-state index contributed by atoms with van der Waals surface area (Å²) in [4.78, 5) is 61.3. The summed E-state index contributed by atoms with van der Waals surface area (Å²) in [6.07, 6.45) is -5.23. The zero-order chi connectivity index (χ0) is 25.6. The fourth-order valence-corrected chi connectivity index (χ4v) is 4.17. The molecule has 0 saturated carbocycles. The highest BCUT2D eigenvalue weighted by molar-refractivity contribution is 8.00. The number of nitro groups is 1. The molecule has 2 heterocycles. The molecule has 34 heavy (non-hydrogen) atoms. The van der Waals surface area contributed by atoms with Crippen molar-refractivity contribution >= 4 is 41.3 Å². The van der Waals surface area contributed by atoms with Crippen molar-refractivity contribution in [3.8, 4) is 0 Å². The number of carbonyl (C=O) groups is 4. The Hall–Kier alpha value is -3.30. The second-order valence-electron chi connectivity index (χ2n) is 6.95. The maximum atomic E-state index is 11.8. The van der Waals surface area contributed by atoms with E-state index >= 15 is 0 Å². The molecule has 5 atom stereocenters. The van der Waals surface area contributed by atoms with E-state index < -0.39 is 70.6 Å². The van der Waals surface area contributed by atoms with Crippen molar-refractivity contribution in [2.45, 2.75) is 62.3 Å². The Morgan fingerprint density at radius 3 is 2.21 bits per heavy atom. The first kappa shape index (κ1) is 26.9. The monoisotopic (exact) mass is 502 g/mol. The summed E-state index contributed by atoms with van der Waals surface area (Å²) in [5, 5.41) is 19.9. The smallest absolute Gasteiger partial charge is 0.303 e. The molecule has 1 aliphatic heterocycles. The van der Waals surface area contributed by atoms with Crippen LogP contribution in [-0.4, -0.2) is 75.0 Å². The molecule has 0 aliphatic carbocycles. The fraction of sp³-hybridized carbons (Fsp3) is 0.526. The second kappa shape index (κ2) is 11.2. The average molecular weight is 502 g/mol. The Balaban J connectivity index is 2.61. The van der Waals surface area contributed by atoms with Crippen molar-refractivity contribution in [3.63, 3.8) is 0 Å². The number of thioether (sulfide) groups is 1. The molecule has 1 aromatic rings. The van der Waals surface area contributed by atoms with E-state index in [-0.39, 0.29) is 5.03 Å². The predicted molar refractivity (Wildman–Crippen MR) is 110 cm³/mol. The third kappa shape index (κ3) is 6.85. The predicted octanol–water partition coefficient (Wildman–Crippen LogP) is 0.485. The molecule has 0 amide bonds. The zero-order valence-electron chi connectivity index (χ0n) is 18.5. The normalized spacial score (nSPS) is 26.1. The zero-order valence-corrected chi connectivity index (χ0v) is 19.3. The number of hydrogen-bond acceptors (Lipinski definition) is 14. The van der Waals surface area contributed by atoms with Crippen LogP contribution in [0.1, 0.15) is 27.7 Å². The minimum absolute atomic E-state index is 0.293. The van der Waals surface area contributed by atoms with Crippen molar-refractivity contribution in [2.24, 2.45) is 0 Å². The molecule has 1 N–H and O–H groups in total. The van der Waals surface area contributed by atoms with Crippen molar-refractivity contribution < 1.29 is 52.9 Å². The van der Waals surface area contributed by atoms with Crippen LogP contribution in [0.4, 0.5) is 5.69 Å². The van der Waals surface area contributed by atoms with Gasteiger partial charge in [0.2, 0.25) is 6.10 Å². The summed E-state index contributed by atoms with van der Waals surface area (Å²) in [6.45, 7) is 3.56. The largest absolute Gasteiger partial charge is 0.463 e. The van der Waals surface area contributed by atoms with E-state index in [0.29, 0.717) is 11.8 Å². The Bertz CT molecular complexity index is 972. The number of nitrogens with zero attached hydrogens (tertiary/aromatic N) is 2. The molecule has 0 unspecified atom stereocenters.